The summed E-state index contributed by atoms with van der Waals surface area (Å²) in [4.78, 5) is 20.4. The van der Waals surface area contributed by atoms with Crippen LogP contribution >= 0.6 is 11.3 Å². The van der Waals surface area contributed by atoms with E-state index in [4.69, 9.17) is 9.72 Å². The van der Waals surface area contributed by atoms with Gasteiger partial charge >= 0.3 is 0 Å². The molecule has 1 saturated heterocycles. The summed E-state index contributed by atoms with van der Waals surface area (Å²) in [7, 11) is 1.65. The van der Waals surface area contributed by atoms with Gasteiger partial charge < -0.3 is 4.74 Å². The number of ether oxygens (including phenoxy) is 1. The third-order valence-electron chi connectivity index (χ3n) is 4.98. The monoisotopic (exact) mass is 385 g/mol. The van der Waals surface area contributed by atoms with Crippen LogP contribution in [0, 0.1) is 6.92 Å². The molecule has 0 radical (unpaired) electrons. The molecule has 142 valence electrons. The summed E-state index contributed by atoms with van der Waals surface area (Å²) < 4.78 is 7.03. The van der Waals surface area contributed by atoms with E-state index < -0.39 is 0 Å². The van der Waals surface area contributed by atoms with Crippen molar-refractivity contribution in [1.29, 1.82) is 0 Å². The molecule has 0 saturated carbocycles. The van der Waals surface area contributed by atoms with Gasteiger partial charge in [0.1, 0.15) is 15.8 Å². The number of hydrogen-bond acceptors (Lipinski definition) is 7. The molecule has 27 heavy (non-hydrogen) atoms. The van der Waals surface area contributed by atoms with Crippen LogP contribution in [0.5, 0.6) is 0 Å². The Labute approximate surface area is 161 Å². The molecular formula is C19H23N5O2S. The van der Waals surface area contributed by atoms with Crippen LogP contribution in [0.2, 0.25) is 0 Å². The summed E-state index contributed by atoms with van der Waals surface area (Å²) in [6.07, 6.45) is 2.06. The minimum atomic E-state index is 0.00580. The van der Waals surface area contributed by atoms with Crippen LogP contribution in [-0.4, -0.2) is 44.9 Å². The number of aromatic nitrogens is 4. The van der Waals surface area contributed by atoms with Gasteiger partial charge in [0.05, 0.1) is 36.6 Å². The average Bonchev–Trinajstić information content (AvgIpc) is 3.30. The molecule has 1 aromatic carbocycles. The Kier molecular flexibility index (Phi) is 5.29. The first-order valence-corrected chi connectivity index (χ1v) is 10.0. The minimum Gasteiger partial charge on any atom is -0.383 e. The summed E-state index contributed by atoms with van der Waals surface area (Å²) in [5.41, 5.74) is 0.760. The number of hydrogen-bond donors (Lipinski definition) is 0. The Hall–Kier alpha value is -2.16. The molecule has 1 fully saturated rings. The number of para-hydroxylation sites is 1. The van der Waals surface area contributed by atoms with Crippen molar-refractivity contribution in [2.75, 3.05) is 20.3 Å². The fraction of sp³-hybridized carbons (Fsp3) is 0.474. The normalized spacial score (nSPS) is 17.8. The topological polar surface area (TPSA) is 73.1 Å². The van der Waals surface area contributed by atoms with Gasteiger partial charge in [0.2, 0.25) is 0 Å². The van der Waals surface area contributed by atoms with Crippen molar-refractivity contribution in [2.24, 2.45) is 0 Å². The van der Waals surface area contributed by atoms with E-state index in [-0.39, 0.29) is 11.6 Å². The van der Waals surface area contributed by atoms with E-state index >= 15 is 0 Å². The molecule has 0 spiro atoms. The first-order chi connectivity index (χ1) is 13.2. The van der Waals surface area contributed by atoms with Crippen LogP contribution in [0.25, 0.3) is 10.9 Å². The van der Waals surface area contributed by atoms with Gasteiger partial charge in [0.15, 0.2) is 0 Å². The van der Waals surface area contributed by atoms with Crippen LogP contribution in [0.15, 0.2) is 29.1 Å². The van der Waals surface area contributed by atoms with E-state index in [0.29, 0.717) is 18.5 Å². The fourth-order valence-corrected chi connectivity index (χ4v) is 4.46. The molecule has 0 amide bonds. The third kappa shape index (κ3) is 3.65. The number of rotatable bonds is 6. The highest BCUT2D eigenvalue weighted by Crippen LogP contribution is 2.32. The maximum absolute atomic E-state index is 13.1. The van der Waals surface area contributed by atoms with E-state index in [1.807, 2.05) is 31.2 Å². The lowest BCUT2D eigenvalue weighted by Gasteiger charge is -2.25. The number of fused-ring (bicyclic) bond motifs is 1. The number of likely N-dealkylation sites (tertiary alicyclic amines) is 1. The van der Waals surface area contributed by atoms with Crippen molar-refractivity contribution < 1.29 is 4.74 Å². The second-order valence-corrected chi connectivity index (χ2v) is 8.05. The standard InChI is InChI=1S/C19H23N5O2S/c1-13-21-22-17(27-13)12-23-9-5-8-16(23)18-20-15-7-4-3-6-14(15)19(25)24(18)10-11-26-2/h3-4,6-7,16H,5,8-12H2,1-2H3. The lowest BCUT2D eigenvalue weighted by Crippen LogP contribution is -2.33. The molecule has 4 rings (SSSR count). The predicted molar refractivity (Wildman–Crippen MR) is 105 cm³/mol. The first-order valence-electron chi connectivity index (χ1n) is 9.19. The molecule has 0 N–H and O–H groups in total. The number of nitrogens with zero attached hydrogens (tertiary/aromatic N) is 5. The van der Waals surface area contributed by atoms with Gasteiger partial charge in [0, 0.05) is 7.11 Å². The Bertz CT molecular complexity index is 999. The molecule has 2 aromatic heterocycles. The summed E-state index contributed by atoms with van der Waals surface area (Å²) >= 11 is 1.62. The van der Waals surface area contributed by atoms with E-state index in [0.717, 1.165) is 47.3 Å². The summed E-state index contributed by atoms with van der Waals surface area (Å²) in [5, 5.41) is 11.0. The predicted octanol–water partition coefficient (Wildman–Crippen LogP) is 2.54. The maximum Gasteiger partial charge on any atom is 0.261 e. The highest BCUT2D eigenvalue weighted by molar-refractivity contribution is 7.11. The Balaban J connectivity index is 1.75. The number of aryl methyl sites for hydroxylation is 1. The average molecular weight is 385 g/mol. The van der Waals surface area contributed by atoms with Gasteiger partial charge in [0.25, 0.3) is 5.56 Å². The van der Waals surface area contributed by atoms with E-state index in [1.165, 1.54) is 0 Å². The highest BCUT2D eigenvalue weighted by Gasteiger charge is 2.31. The van der Waals surface area contributed by atoms with Gasteiger partial charge in [-0.25, -0.2) is 4.98 Å². The van der Waals surface area contributed by atoms with Crippen molar-refractivity contribution in [3.8, 4) is 0 Å². The van der Waals surface area contributed by atoms with Crippen LogP contribution in [0.1, 0.15) is 34.7 Å². The lowest BCUT2D eigenvalue weighted by molar-refractivity contribution is 0.178. The SMILES string of the molecule is COCCn1c(C2CCCN2Cc2nnc(C)s2)nc2ccccc2c1=O. The second kappa shape index (κ2) is 7.84. The van der Waals surface area contributed by atoms with Crippen LogP contribution in [0.4, 0.5) is 0 Å². The third-order valence-corrected chi connectivity index (χ3v) is 5.80. The van der Waals surface area contributed by atoms with E-state index in [9.17, 15) is 4.79 Å². The Morgan fingerprint density at radius 2 is 2.15 bits per heavy atom. The van der Waals surface area contributed by atoms with Gasteiger partial charge in [-0.3, -0.25) is 14.3 Å². The van der Waals surface area contributed by atoms with E-state index in [2.05, 4.69) is 15.1 Å². The number of methoxy groups -OCH3 is 1. The molecule has 1 aliphatic rings. The van der Waals surface area contributed by atoms with Crippen molar-refractivity contribution >= 4 is 22.2 Å². The van der Waals surface area contributed by atoms with Gasteiger partial charge in [-0.05, 0) is 38.4 Å². The molecule has 0 aliphatic carbocycles. The molecule has 1 unspecified atom stereocenters. The summed E-state index contributed by atoms with van der Waals surface area (Å²) in [6.45, 7) is 4.66. The zero-order valence-electron chi connectivity index (χ0n) is 15.6. The zero-order valence-corrected chi connectivity index (χ0v) is 16.4. The largest absolute Gasteiger partial charge is 0.383 e. The van der Waals surface area contributed by atoms with Crippen molar-refractivity contribution in [1.82, 2.24) is 24.6 Å². The molecule has 8 heteroatoms. The first kappa shape index (κ1) is 18.2. The van der Waals surface area contributed by atoms with Crippen molar-refractivity contribution in [3.05, 3.63) is 50.5 Å². The molecule has 3 heterocycles. The molecular weight excluding hydrogens is 362 g/mol. The van der Waals surface area contributed by atoms with Gasteiger partial charge in [-0.1, -0.05) is 12.1 Å². The van der Waals surface area contributed by atoms with E-state index in [1.54, 1.807) is 23.0 Å². The zero-order chi connectivity index (χ0) is 18.8. The molecule has 1 atom stereocenters. The smallest absolute Gasteiger partial charge is 0.261 e. The maximum atomic E-state index is 13.1. The van der Waals surface area contributed by atoms with Crippen molar-refractivity contribution in [2.45, 2.75) is 38.9 Å². The van der Waals surface area contributed by atoms with Gasteiger partial charge in [-0.15, -0.1) is 21.5 Å². The molecule has 1 aliphatic heterocycles. The summed E-state index contributed by atoms with van der Waals surface area (Å²) in [5.74, 6) is 0.828. The second-order valence-electron chi connectivity index (χ2n) is 6.78. The fourth-order valence-electron chi connectivity index (χ4n) is 3.72. The minimum absolute atomic E-state index is 0.00580. The van der Waals surface area contributed by atoms with Crippen LogP contribution < -0.4 is 5.56 Å². The summed E-state index contributed by atoms with van der Waals surface area (Å²) in [6, 6.07) is 7.66. The highest BCUT2D eigenvalue weighted by atomic mass is 32.1. The van der Waals surface area contributed by atoms with Crippen molar-refractivity contribution in [3.63, 3.8) is 0 Å². The molecule has 7 nitrogen and oxygen atoms in total. The number of benzene rings is 1. The molecule has 0 bridgehead atoms. The van der Waals surface area contributed by atoms with Crippen LogP contribution in [-0.2, 0) is 17.8 Å². The Morgan fingerprint density at radius 3 is 2.93 bits per heavy atom. The van der Waals surface area contributed by atoms with Crippen LogP contribution in [0.3, 0.4) is 0 Å². The lowest BCUT2D eigenvalue weighted by atomic mass is 10.1. The Morgan fingerprint density at radius 1 is 1.30 bits per heavy atom. The quantitative estimate of drug-likeness (QED) is 0.649. The van der Waals surface area contributed by atoms with Gasteiger partial charge in [-0.2, -0.15) is 0 Å². The molecule has 3 aromatic rings.